The van der Waals surface area contributed by atoms with Gasteiger partial charge in [-0.1, -0.05) is 6.07 Å². The molecule has 0 aliphatic rings. The molecular weight excluding hydrogens is 346 g/mol. The largest absolute Gasteiger partial charge is 0.379 e. The predicted molar refractivity (Wildman–Crippen MR) is 79.5 cm³/mol. The van der Waals surface area contributed by atoms with E-state index in [0.29, 0.717) is 0 Å². The van der Waals surface area contributed by atoms with E-state index in [1.807, 2.05) is 13.8 Å². The molecule has 1 atom stereocenters. The van der Waals surface area contributed by atoms with Crippen LogP contribution >= 0.6 is 22.6 Å². The molecule has 1 rings (SSSR count). The zero-order chi connectivity index (χ0) is 13.8. The molecule has 0 amide bonds. The average Bonchev–Trinajstić information content (AvgIpc) is 2.32. The van der Waals surface area contributed by atoms with Crippen LogP contribution in [-0.2, 0) is 4.74 Å². The Morgan fingerprint density at radius 2 is 2.17 bits per heavy atom. The zero-order valence-corrected chi connectivity index (χ0v) is 13.1. The number of rotatable bonds is 6. The Hall–Kier alpha value is -0.240. The van der Waals surface area contributed by atoms with Gasteiger partial charge in [-0.05, 0) is 67.0 Å². The maximum absolute atomic E-state index is 13.1. The van der Waals surface area contributed by atoms with Gasteiger partial charge in [0.05, 0.1) is 5.60 Å². The fourth-order valence-electron chi connectivity index (χ4n) is 1.71. The highest BCUT2D eigenvalue weighted by Gasteiger charge is 2.20. The molecule has 0 fully saturated rings. The molecule has 0 aliphatic heterocycles. The zero-order valence-electron chi connectivity index (χ0n) is 11.0. The maximum Gasteiger partial charge on any atom is 0.124 e. The summed E-state index contributed by atoms with van der Waals surface area (Å²) < 4.78 is 19.3. The highest BCUT2D eigenvalue weighted by Crippen LogP contribution is 2.27. The molecule has 0 radical (unpaired) electrons. The quantitative estimate of drug-likeness (QED) is 0.462. The van der Waals surface area contributed by atoms with E-state index in [1.54, 1.807) is 13.2 Å². The van der Waals surface area contributed by atoms with Crippen molar-refractivity contribution >= 4 is 22.6 Å². The van der Waals surface area contributed by atoms with Crippen molar-refractivity contribution in [2.45, 2.75) is 38.3 Å². The minimum absolute atomic E-state index is 0.00641. The van der Waals surface area contributed by atoms with Crippen LogP contribution in [0.4, 0.5) is 4.39 Å². The van der Waals surface area contributed by atoms with Crippen LogP contribution in [-0.4, -0.2) is 12.7 Å². The lowest BCUT2D eigenvalue weighted by molar-refractivity contribution is 0.0116. The first-order valence-corrected chi connectivity index (χ1v) is 6.93. The van der Waals surface area contributed by atoms with Crippen LogP contribution in [0.1, 0.15) is 38.3 Å². The molecule has 0 aromatic heterocycles. The van der Waals surface area contributed by atoms with Crippen molar-refractivity contribution in [3.8, 4) is 0 Å². The van der Waals surface area contributed by atoms with Crippen molar-refractivity contribution in [1.82, 2.24) is 5.43 Å². The van der Waals surface area contributed by atoms with Gasteiger partial charge < -0.3 is 4.74 Å². The van der Waals surface area contributed by atoms with E-state index in [0.717, 1.165) is 22.0 Å². The van der Waals surface area contributed by atoms with E-state index in [2.05, 4.69) is 28.0 Å². The van der Waals surface area contributed by atoms with Crippen LogP contribution in [0.3, 0.4) is 0 Å². The first-order valence-electron chi connectivity index (χ1n) is 5.86. The minimum Gasteiger partial charge on any atom is -0.379 e. The van der Waals surface area contributed by atoms with Crippen molar-refractivity contribution in [3.63, 3.8) is 0 Å². The van der Waals surface area contributed by atoms with E-state index in [-0.39, 0.29) is 17.5 Å². The third kappa shape index (κ3) is 4.46. The molecular formula is C13H20FIN2O. The minimum atomic E-state index is -0.226. The standard InChI is InChI=1S/C13H20FIN2O/c1-13(2,18-3)7-6-12(17-16)10-5-4-9(14)8-11(10)15/h4-5,8,12,17H,6-7,16H2,1-3H3. The summed E-state index contributed by atoms with van der Waals surface area (Å²) in [5, 5.41) is 0. The summed E-state index contributed by atoms with van der Waals surface area (Å²) in [6.45, 7) is 4.08. The summed E-state index contributed by atoms with van der Waals surface area (Å²) in [6, 6.07) is 4.76. The van der Waals surface area contributed by atoms with E-state index in [4.69, 9.17) is 10.6 Å². The summed E-state index contributed by atoms with van der Waals surface area (Å²) in [4.78, 5) is 0. The monoisotopic (exact) mass is 366 g/mol. The van der Waals surface area contributed by atoms with Gasteiger partial charge in [-0.15, -0.1) is 0 Å². The molecule has 3 N–H and O–H groups in total. The summed E-state index contributed by atoms with van der Waals surface area (Å²) in [5.74, 6) is 5.37. The molecule has 5 heteroatoms. The second-order valence-electron chi connectivity index (χ2n) is 4.89. The van der Waals surface area contributed by atoms with Gasteiger partial charge in [0.15, 0.2) is 0 Å². The number of hydrogen-bond donors (Lipinski definition) is 2. The number of methoxy groups -OCH3 is 1. The molecule has 0 heterocycles. The van der Waals surface area contributed by atoms with Gasteiger partial charge in [-0.25, -0.2) is 4.39 Å². The number of ether oxygens (including phenoxy) is 1. The molecule has 0 saturated carbocycles. The van der Waals surface area contributed by atoms with Gasteiger partial charge in [-0.3, -0.25) is 11.3 Å². The molecule has 102 valence electrons. The topological polar surface area (TPSA) is 47.3 Å². The summed E-state index contributed by atoms with van der Waals surface area (Å²) >= 11 is 2.13. The Balaban J connectivity index is 2.77. The molecule has 1 aromatic rings. The number of hydrogen-bond acceptors (Lipinski definition) is 3. The molecule has 0 aliphatic carbocycles. The number of hydrazine groups is 1. The molecule has 0 spiro atoms. The van der Waals surface area contributed by atoms with Crippen molar-refractivity contribution < 1.29 is 9.13 Å². The number of nitrogens with one attached hydrogen (secondary N) is 1. The van der Waals surface area contributed by atoms with Crippen LogP contribution < -0.4 is 11.3 Å². The van der Waals surface area contributed by atoms with Crippen LogP contribution in [0.5, 0.6) is 0 Å². The van der Waals surface area contributed by atoms with Gasteiger partial charge in [0.2, 0.25) is 0 Å². The van der Waals surface area contributed by atoms with Crippen molar-refractivity contribution in [1.29, 1.82) is 0 Å². The first kappa shape index (κ1) is 15.8. The number of benzene rings is 1. The molecule has 0 bridgehead atoms. The molecule has 0 saturated heterocycles. The lowest BCUT2D eigenvalue weighted by Gasteiger charge is -2.26. The van der Waals surface area contributed by atoms with Gasteiger partial charge in [-0.2, -0.15) is 0 Å². The van der Waals surface area contributed by atoms with E-state index >= 15 is 0 Å². The normalized spacial score (nSPS) is 13.7. The lowest BCUT2D eigenvalue weighted by Crippen LogP contribution is -2.31. The second kappa shape index (κ2) is 6.79. The maximum atomic E-state index is 13.1. The highest BCUT2D eigenvalue weighted by atomic mass is 127. The molecule has 1 aromatic carbocycles. The smallest absolute Gasteiger partial charge is 0.124 e. The molecule has 3 nitrogen and oxygen atoms in total. The van der Waals surface area contributed by atoms with Crippen molar-refractivity contribution in [2.75, 3.05) is 7.11 Å². The fraction of sp³-hybridized carbons (Fsp3) is 0.538. The van der Waals surface area contributed by atoms with E-state index < -0.39 is 0 Å². The van der Waals surface area contributed by atoms with Crippen LogP contribution in [0.2, 0.25) is 0 Å². The van der Waals surface area contributed by atoms with Crippen LogP contribution in [0.25, 0.3) is 0 Å². The van der Waals surface area contributed by atoms with Crippen LogP contribution in [0.15, 0.2) is 18.2 Å². The second-order valence-corrected chi connectivity index (χ2v) is 6.05. The first-order chi connectivity index (χ1) is 8.39. The predicted octanol–water partition coefficient (Wildman–Crippen LogP) is 3.14. The summed E-state index contributed by atoms with van der Waals surface area (Å²) in [6.07, 6.45) is 1.70. The Bertz CT molecular complexity index is 399. The van der Waals surface area contributed by atoms with Crippen molar-refractivity contribution in [2.24, 2.45) is 5.84 Å². The van der Waals surface area contributed by atoms with Crippen molar-refractivity contribution in [3.05, 3.63) is 33.1 Å². The Morgan fingerprint density at radius 3 is 2.67 bits per heavy atom. The lowest BCUT2D eigenvalue weighted by atomic mass is 9.95. The van der Waals surface area contributed by atoms with Gasteiger partial charge in [0.1, 0.15) is 5.82 Å². The number of halogens is 2. The fourth-order valence-corrected chi connectivity index (χ4v) is 2.56. The summed E-state index contributed by atoms with van der Waals surface area (Å²) in [7, 11) is 1.70. The molecule has 1 unspecified atom stereocenters. The van der Waals surface area contributed by atoms with Gasteiger partial charge in [0, 0.05) is 16.7 Å². The Labute approximate surface area is 121 Å². The average molecular weight is 366 g/mol. The Morgan fingerprint density at radius 1 is 1.50 bits per heavy atom. The van der Waals surface area contributed by atoms with Gasteiger partial charge >= 0.3 is 0 Å². The Kier molecular flexibility index (Phi) is 5.97. The van der Waals surface area contributed by atoms with Crippen LogP contribution in [0, 0.1) is 9.39 Å². The number of nitrogens with two attached hydrogens (primary N) is 1. The van der Waals surface area contributed by atoms with Gasteiger partial charge in [0.25, 0.3) is 0 Å². The summed E-state index contributed by atoms with van der Waals surface area (Å²) in [5.41, 5.74) is 3.63. The molecule has 18 heavy (non-hydrogen) atoms. The third-order valence-electron chi connectivity index (χ3n) is 3.13. The van der Waals surface area contributed by atoms with E-state index in [1.165, 1.54) is 12.1 Å². The SMILES string of the molecule is COC(C)(C)CCC(NN)c1ccc(F)cc1I. The van der Waals surface area contributed by atoms with E-state index in [9.17, 15) is 4.39 Å². The third-order valence-corrected chi connectivity index (χ3v) is 4.06. The highest BCUT2D eigenvalue weighted by molar-refractivity contribution is 14.1.